The first-order valence-electron chi connectivity index (χ1n) is 2.30. The molecule has 46 valence electrons. The summed E-state index contributed by atoms with van der Waals surface area (Å²) in [7, 11) is 1.70. The van der Waals surface area contributed by atoms with Crippen LogP contribution in [0.4, 0.5) is 0 Å². The van der Waals surface area contributed by atoms with Crippen molar-refractivity contribution in [2.45, 2.75) is 6.92 Å². The van der Waals surface area contributed by atoms with Crippen LogP contribution in [-0.4, -0.2) is 18.4 Å². The lowest BCUT2D eigenvalue weighted by atomic mass is 10.6. The number of nitrogens with zero attached hydrogens (tertiary/aromatic N) is 2. The zero-order chi connectivity index (χ0) is 6.57. The van der Waals surface area contributed by atoms with E-state index in [4.69, 9.17) is 5.84 Å². The quantitative estimate of drug-likeness (QED) is 0.243. The Hall–Kier alpha value is -0.830. The Morgan fingerprint density at radius 1 is 1.88 bits per heavy atom. The van der Waals surface area contributed by atoms with Crippen molar-refractivity contribution in [3.8, 4) is 0 Å². The summed E-state index contributed by atoms with van der Waals surface area (Å²) >= 11 is 0. The first kappa shape index (κ1) is 7.17. The van der Waals surface area contributed by atoms with Crippen molar-refractivity contribution in [3.05, 3.63) is 12.3 Å². The van der Waals surface area contributed by atoms with Crippen LogP contribution in [0.25, 0.3) is 0 Å². The normalized spacial score (nSPS) is 9.88. The lowest BCUT2D eigenvalue weighted by molar-refractivity contribution is 0.555. The average Bonchev–Trinajstić information content (AvgIpc) is 1.61. The summed E-state index contributed by atoms with van der Waals surface area (Å²) in [5, 5.41) is 1.37. The van der Waals surface area contributed by atoms with Gasteiger partial charge in [-0.25, -0.2) is 10.8 Å². The minimum absolute atomic E-state index is 0.752. The Labute approximate surface area is 49.5 Å². The van der Waals surface area contributed by atoms with Crippen molar-refractivity contribution in [1.82, 2.24) is 5.01 Å². The standard InChI is InChI=1S/C5H11N3/c1-5(2)7-4-8(3)6/h4H,1,6H2,2-3H3. The maximum Gasteiger partial charge on any atom is 0.105 e. The van der Waals surface area contributed by atoms with Crippen molar-refractivity contribution in [2.24, 2.45) is 10.8 Å². The molecular formula is C5H11N3. The second-order valence-electron chi connectivity index (χ2n) is 1.65. The fourth-order valence-corrected chi connectivity index (χ4v) is 0.190. The monoisotopic (exact) mass is 113 g/mol. The molecule has 0 aliphatic carbocycles. The third-order valence-electron chi connectivity index (χ3n) is 0.460. The molecular weight excluding hydrogens is 102 g/mol. The molecule has 0 spiro atoms. The highest BCUT2D eigenvalue weighted by atomic mass is 15.4. The van der Waals surface area contributed by atoms with E-state index in [-0.39, 0.29) is 0 Å². The highest BCUT2D eigenvalue weighted by Crippen LogP contribution is 1.83. The summed E-state index contributed by atoms with van der Waals surface area (Å²) in [6.45, 7) is 5.35. The van der Waals surface area contributed by atoms with E-state index >= 15 is 0 Å². The van der Waals surface area contributed by atoms with E-state index in [9.17, 15) is 0 Å². The van der Waals surface area contributed by atoms with Crippen molar-refractivity contribution < 1.29 is 0 Å². The molecule has 0 saturated heterocycles. The van der Waals surface area contributed by atoms with Gasteiger partial charge in [-0.1, -0.05) is 6.58 Å². The Kier molecular flexibility index (Phi) is 2.88. The number of hydrogen-bond donors (Lipinski definition) is 1. The second kappa shape index (κ2) is 3.21. The molecule has 8 heavy (non-hydrogen) atoms. The molecule has 0 aromatic heterocycles. The van der Waals surface area contributed by atoms with Crippen molar-refractivity contribution in [1.29, 1.82) is 0 Å². The topological polar surface area (TPSA) is 41.6 Å². The molecule has 0 amide bonds. The number of nitrogens with two attached hydrogens (primary N) is 1. The molecule has 0 rings (SSSR count). The minimum Gasteiger partial charge on any atom is -0.304 e. The molecule has 3 heteroatoms. The molecule has 0 fully saturated rings. The van der Waals surface area contributed by atoms with E-state index in [0.29, 0.717) is 0 Å². The Bertz CT molecular complexity index is 104. The zero-order valence-electron chi connectivity index (χ0n) is 5.26. The number of allylic oxidation sites excluding steroid dienone is 1. The maximum absolute atomic E-state index is 5.18. The van der Waals surface area contributed by atoms with Gasteiger partial charge >= 0.3 is 0 Å². The van der Waals surface area contributed by atoms with Crippen molar-refractivity contribution >= 4 is 6.34 Å². The Morgan fingerprint density at radius 2 is 2.38 bits per heavy atom. The molecule has 2 N–H and O–H groups in total. The summed E-state index contributed by atoms with van der Waals surface area (Å²) in [6, 6.07) is 0. The Morgan fingerprint density at radius 3 is 2.50 bits per heavy atom. The molecule has 3 nitrogen and oxygen atoms in total. The lowest BCUT2D eigenvalue weighted by Gasteiger charge is -2.00. The third-order valence-corrected chi connectivity index (χ3v) is 0.460. The summed E-state index contributed by atoms with van der Waals surface area (Å²) in [5.74, 6) is 5.18. The number of hydrazine groups is 1. The van der Waals surface area contributed by atoms with Crippen LogP contribution in [-0.2, 0) is 0 Å². The fourth-order valence-electron chi connectivity index (χ4n) is 0.190. The van der Waals surface area contributed by atoms with Gasteiger partial charge in [0.05, 0.1) is 0 Å². The van der Waals surface area contributed by atoms with Crippen LogP contribution < -0.4 is 5.84 Å². The van der Waals surface area contributed by atoms with E-state index in [1.807, 2.05) is 0 Å². The third kappa shape index (κ3) is 5.17. The van der Waals surface area contributed by atoms with Gasteiger partial charge < -0.3 is 5.01 Å². The average molecular weight is 113 g/mol. The van der Waals surface area contributed by atoms with Gasteiger partial charge in [-0.05, 0) is 6.92 Å². The van der Waals surface area contributed by atoms with Gasteiger partial charge in [0.25, 0.3) is 0 Å². The first-order chi connectivity index (χ1) is 3.63. The van der Waals surface area contributed by atoms with Gasteiger partial charge in [0, 0.05) is 12.7 Å². The van der Waals surface area contributed by atoms with Crippen molar-refractivity contribution in [2.75, 3.05) is 7.05 Å². The second-order valence-corrected chi connectivity index (χ2v) is 1.65. The zero-order valence-corrected chi connectivity index (χ0v) is 5.26. The van der Waals surface area contributed by atoms with Crippen LogP contribution in [0.1, 0.15) is 6.92 Å². The van der Waals surface area contributed by atoms with E-state index in [0.717, 1.165) is 5.70 Å². The van der Waals surface area contributed by atoms with Crippen LogP contribution in [0.5, 0.6) is 0 Å². The fraction of sp³-hybridized carbons (Fsp3) is 0.400. The van der Waals surface area contributed by atoms with Crippen LogP contribution in [0.2, 0.25) is 0 Å². The molecule has 0 unspecified atom stereocenters. The van der Waals surface area contributed by atoms with Crippen LogP contribution in [0.15, 0.2) is 17.3 Å². The van der Waals surface area contributed by atoms with Crippen molar-refractivity contribution in [3.63, 3.8) is 0 Å². The van der Waals surface area contributed by atoms with E-state index in [2.05, 4.69) is 11.6 Å². The molecule has 0 atom stereocenters. The molecule has 0 heterocycles. The van der Waals surface area contributed by atoms with E-state index in [1.54, 1.807) is 14.0 Å². The van der Waals surface area contributed by atoms with E-state index < -0.39 is 0 Å². The molecule has 0 aromatic rings. The van der Waals surface area contributed by atoms with Crippen LogP contribution >= 0.6 is 0 Å². The molecule has 0 radical (unpaired) electrons. The summed E-state index contributed by atoms with van der Waals surface area (Å²) < 4.78 is 0. The molecule has 0 aromatic carbocycles. The first-order valence-corrected chi connectivity index (χ1v) is 2.30. The largest absolute Gasteiger partial charge is 0.304 e. The SMILES string of the molecule is C=C(C)N=CN(C)N. The van der Waals surface area contributed by atoms with Gasteiger partial charge in [0.15, 0.2) is 0 Å². The number of aliphatic imine (C=N–C) groups is 1. The van der Waals surface area contributed by atoms with Gasteiger partial charge in [-0.2, -0.15) is 0 Å². The maximum atomic E-state index is 5.18. The van der Waals surface area contributed by atoms with E-state index in [1.165, 1.54) is 11.3 Å². The minimum atomic E-state index is 0.752. The number of rotatable bonds is 2. The summed E-state index contributed by atoms with van der Waals surface area (Å²) in [5.41, 5.74) is 0.752. The Balaban J connectivity index is 3.50. The molecule has 0 aliphatic rings. The molecule has 0 aliphatic heterocycles. The van der Waals surface area contributed by atoms with Gasteiger partial charge in [0.1, 0.15) is 6.34 Å². The van der Waals surface area contributed by atoms with Gasteiger partial charge in [-0.15, -0.1) is 0 Å². The highest BCUT2D eigenvalue weighted by Gasteiger charge is 1.75. The van der Waals surface area contributed by atoms with Gasteiger partial charge in [0.2, 0.25) is 0 Å². The van der Waals surface area contributed by atoms with Crippen LogP contribution in [0.3, 0.4) is 0 Å². The van der Waals surface area contributed by atoms with Crippen LogP contribution in [0, 0.1) is 0 Å². The predicted octanol–water partition coefficient (Wildman–Crippen LogP) is 0.354. The lowest BCUT2D eigenvalue weighted by Crippen LogP contribution is -2.23. The number of hydrogen-bond acceptors (Lipinski definition) is 2. The predicted molar refractivity (Wildman–Crippen MR) is 35.3 cm³/mol. The highest BCUT2D eigenvalue weighted by molar-refractivity contribution is 5.54. The summed E-state index contributed by atoms with van der Waals surface area (Å²) in [4.78, 5) is 3.81. The summed E-state index contributed by atoms with van der Waals surface area (Å²) in [6.07, 6.45) is 1.50. The molecule has 0 saturated carbocycles. The smallest absolute Gasteiger partial charge is 0.105 e. The van der Waals surface area contributed by atoms with Gasteiger partial charge in [-0.3, -0.25) is 0 Å². The molecule has 0 bridgehead atoms.